The Hall–Kier alpha value is -0.0800. The van der Waals surface area contributed by atoms with E-state index in [1.807, 2.05) is 0 Å². The lowest BCUT2D eigenvalue weighted by atomic mass is 9.93. The molecule has 0 radical (unpaired) electrons. The molecule has 2 fully saturated rings. The minimum absolute atomic E-state index is 0.650. The van der Waals surface area contributed by atoms with E-state index in [1.54, 1.807) is 0 Å². The van der Waals surface area contributed by atoms with Crippen LogP contribution in [0.1, 0.15) is 32.6 Å². The summed E-state index contributed by atoms with van der Waals surface area (Å²) >= 11 is 0. The molecule has 0 aromatic carbocycles. The smallest absolute Gasteiger partial charge is 0.0319 e. The Morgan fingerprint density at radius 2 is 2.00 bits per heavy atom. The number of hydrogen-bond acceptors (Lipinski definition) is 2. The van der Waals surface area contributed by atoms with Gasteiger partial charge in [-0.05, 0) is 38.1 Å². The van der Waals surface area contributed by atoms with Gasteiger partial charge in [0, 0.05) is 12.6 Å². The second-order valence-corrected chi connectivity index (χ2v) is 3.81. The van der Waals surface area contributed by atoms with Gasteiger partial charge >= 0.3 is 0 Å². The van der Waals surface area contributed by atoms with E-state index in [-0.39, 0.29) is 0 Å². The van der Waals surface area contributed by atoms with Crippen LogP contribution in [0.2, 0.25) is 0 Å². The number of nitrogens with one attached hydrogen (secondary N) is 1. The van der Waals surface area contributed by atoms with E-state index in [9.17, 15) is 0 Å². The fraction of sp³-hybridized carbons (Fsp3) is 1.00. The summed E-state index contributed by atoms with van der Waals surface area (Å²) in [5, 5.41) is 10.6. The van der Waals surface area contributed by atoms with Gasteiger partial charge in [0.2, 0.25) is 0 Å². The van der Waals surface area contributed by atoms with Crippen molar-refractivity contribution in [3.05, 3.63) is 0 Å². The lowest BCUT2D eigenvalue weighted by Crippen LogP contribution is -2.39. The van der Waals surface area contributed by atoms with E-state index in [2.05, 4.69) is 12.2 Å². The Morgan fingerprint density at radius 3 is 2.36 bits per heavy atom. The molecule has 1 spiro atoms. The minimum Gasteiger partial charge on any atom is -0.400 e. The molecule has 1 aliphatic carbocycles. The number of piperidine rings is 1. The van der Waals surface area contributed by atoms with Gasteiger partial charge in [-0.25, -0.2) is 0 Å². The SMILES string of the molecule is CC1CCNC2(CC2)C1.CO. The number of aliphatic hydroxyl groups is 1. The molecular formula is C9H19NO. The van der Waals surface area contributed by atoms with Crippen molar-refractivity contribution in [1.82, 2.24) is 5.32 Å². The van der Waals surface area contributed by atoms with Crippen molar-refractivity contribution >= 4 is 0 Å². The highest BCUT2D eigenvalue weighted by Crippen LogP contribution is 2.43. The van der Waals surface area contributed by atoms with Crippen LogP contribution in [0.4, 0.5) is 0 Å². The van der Waals surface area contributed by atoms with Crippen LogP contribution in [-0.4, -0.2) is 24.3 Å². The van der Waals surface area contributed by atoms with Gasteiger partial charge < -0.3 is 10.4 Å². The van der Waals surface area contributed by atoms with Crippen LogP contribution in [0, 0.1) is 5.92 Å². The molecule has 2 rings (SSSR count). The predicted octanol–water partition coefficient (Wildman–Crippen LogP) is 1.15. The van der Waals surface area contributed by atoms with Crippen molar-refractivity contribution < 1.29 is 5.11 Å². The Balaban J connectivity index is 0.000000281. The summed E-state index contributed by atoms with van der Waals surface area (Å²) in [7, 11) is 1.00. The molecular weight excluding hydrogens is 138 g/mol. The van der Waals surface area contributed by atoms with Crippen LogP contribution < -0.4 is 5.32 Å². The number of aliphatic hydroxyl groups excluding tert-OH is 1. The molecule has 0 aromatic rings. The highest BCUT2D eigenvalue weighted by atomic mass is 16.2. The summed E-state index contributed by atoms with van der Waals surface area (Å²) < 4.78 is 0. The molecule has 0 amide bonds. The summed E-state index contributed by atoms with van der Waals surface area (Å²) in [6.07, 6.45) is 5.71. The maximum absolute atomic E-state index is 7.00. The summed E-state index contributed by atoms with van der Waals surface area (Å²) in [5.74, 6) is 0.980. The molecule has 0 aromatic heterocycles. The van der Waals surface area contributed by atoms with E-state index < -0.39 is 0 Å². The highest BCUT2D eigenvalue weighted by molar-refractivity contribution is 5.04. The van der Waals surface area contributed by atoms with Gasteiger partial charge in [0.15, 0.2) is 0 Å². The molecule has 1 unspecified atom stereocenters. The fourth-order valence-electron chi connectivity index (χ4n) is 1.96. The standard InChI is InChI=1S/C8H15N.CH4O/c1-7-2-5-9-8(6-7)3-4-8;1-2/h7,9H,2-6H2,1H3;2H,1H3. The predicted molar refractivity (Wildman–Crippen MR) is 46.5 cm³/mol. The van der Waals surface area contributed by atoms with Crippen LogP contribution >= 0.6 is 0 Å². The molecule has 2 N–H and O–H groups in total. The Kier molecular flexibility index (Phi) is 2.90. The van der Waals surface area contributed by atoms with Crippen LogP contribution in [0.3, 0.4) is 0 Å². The van der Waals surface area contributed by atoms with E-state index in [1.165, 1.54) is 32.2 Å². The molecule has 1 saturated heterocycles. The van der Waals surface area contributed by atoms with Gasteiger partial charge in [-0.2, -0.15) is 0 Å². The average Bonchev–Trinajstić information content (AvgIpc) is 2.73. The molecule has 1 saturated carbocycles. The largest absolute Gasteiger partial charge is 0.400 e. The number of rotatable bonds is 0. The van der Waals surface area contributed by atoms with Crippen molar-refractivity contribution in [2.45, 2.75) is 38.1 Å². The first kappa shape index (κ1) is 9.01. The summed E-state index contributed by atoms with van der Waals surface area (Å²) in [6.45, 7) is 3.64. The first-order valence-electron chi connectivity index (χ1n) is 4.51. The zero-order valence-electron chi connectivity index (χ0n) is 7.56. The molecule has 11 heavy (non-hydrogen) atoms. The fourth-order valence-corrected chi connectivity index (χ4v) is 1.96. The normalized spacial score (nSPS) is 32.5. The molecule has 1 heterocycles. The summed E-state index contributed by atoms with van der Waals surface area (Å²) in [5.41, 5.74) is 0.650. The van der Waals surface area contributed by atoms with Crippen molar-refractivity contribution in [2.75, 3.05) is 13.7 Å². The third-order valence-electron chi connectivity index (χ3n) is 2.73. The second-order valence-electron chi connectivity index (χ2n) is 3.81. The van der Waals surface area contributed by atoms with E-state index in [0.717, 1.165) is 13.0 Å². The molecule has 2 nitrogen and oxygen atoms in total. The molecule has 0 bridgehead atoms. The first-order chi connectivity index (χ1) is 5.31. The summed E-state index contributed by atoms with van der Waals surface area (Å²) in [4.78, 5) is 0. The van der Waals surface area contributed by atoms with Crippen molar-refractivity contribution in [3.63, 3.8) is 0 Å². The average molecular weight is 157 g/mol. The van der Waals surface area contributed by atoms with E-state index >= 15 is 0 Å². The first-order valence-corrected chi connectivity index (χ1v) is 4.51. The van der Waals surface area contributed by atoms with Gasteiger partial charge in [0.1, 0.15) is 0 Å². The second kappa shape index (κ2) is 3.55. The Morgan fingerprint density at radius 1 is 1.36 bits per heavy atom. The van der Waals surface area contributed by atoms with Crippen molar-refractivity contribution in [3.8, 4) is 0 Å². The van der Waals surface area contributed by atoms with E-state index in [0.29, 0.717) is 5.54 Å². The van der Waals surface area contributed by atoms with Crippen LogP contribution in [0.5, 0.6) is 0 Å². The monoisotopic (exact) mass is 157 g/mol. The van der Waals surface area contributed by atoms with Gasteiger partial charge in [0.05, 0.1) is 0 Å². The quantitative estimate of drug-likeness (QED) is 0.553. The third kappa shape index (κ3) is 2.17. The van der Waals surface area contributed by atoms with Crippen LogP contribution in [-0.2, 0) is 0 Å². The van der Waals surface area contributed by atoms with Gasteiger partial charge in [-0.3, -0.25) is 0 Å². The van der Waals surface area contributed by atoms with Crippen LogP contribution in [0.25, 0.3) is 0 Å². The summed E-state index contributed by atoms with van der Waals surface area (Å²) in [6, 6.07) is 0. The molecule has 66 valence electrons. The number of hydrogen-bond donors (Lipinski definition) is 2. The van der Waals surface area contributed by atoms with Gasteiger partial charge in [0.25, 0.3) is 0 Å². The van der Waals surface area contributed by atoms with Gasteiger partial charge in [-0.15, -0.1) is 0 Å². The zero-order chi connectivity index (χ0) is 8.32. The lowest BCUT2D eigenvalue weighted by molar-refractivity contribution is 0.305. The third-order valence-corrected chi connectivity index (χ3v) is 2.73. The molecule has 1 aliphatic heterocycles. The van der Waals surface area contributed by atoms with Gasteiger partial charge in [-0.1, -0.05) is 6.92 Å². The van der Waals surface area contributed by atoms with Crippen LogP contribution in [0.15, 0.2) is 0 Å². The molecule has 2 aliphatic rings. The van der Waals surface area contributed by atoms with Crippen molar-refractivity contribution in [1.29, 1.82) is 0 Å². The Bertz CT molecular complexity index is 121. The maximum atomic E-state index is 7.00. The van der Waals surface area contributed by atoms with Crippen molar-refractivity contribution in [2.24, 2.45) is 5.92 Å². The molecule has 1 atom stereocenters. The lowest BCUT2D eigenvalue weighted by Gasteiger charge is -2.27. The zero-order valence-corrected chi connectivity index (χ0v) is 7.56. The highest BCUT2D eigenvalue weighted by Gasteiger charge is 2.44. The minimum atomic E-state index is 0.650. The molecule has 2 heteroatoms. The maximum Gasteiger partial charge on any atom is 0.0319 e. The van der Waals surface area contributed by atoms with E-state index in [4.69, 9.17) is 5.11 Å². The topological polar surface area (TPSA) is 32.3 Å². The Labute approximate surface area is 69.0 Å².